The van der Waals surface area contributed by atoms with Crippen LogP contribution in [0.25, 0.3) is 10.9 Å². The Hall–Kier alpha value is -1.40. The van der Waals surface area contributed by atoms with Gasteiger partial charge in [-0.3, -0.25) is 14.2 Å². The topological polar surface area (TPSA) is 72.2 Å². The Kier molecular flexibility index (Phi) is 3.17. The lowest BCUT2D eigenvalue weighted by Crippen LogP contribution is -2.25. The van der Waals surface area contributed by atoms with Crippen molar-refractivity contribution in [1.29, 1.82) is 0 Å². The van der Waals surface area contributed by atoms with Gasteiger partial charge in [-0.05, 0) is 29.8 Å². The fourth-order valence-electron chi connectivity index (χ4n) is 1.44. The van der Waals surface area contributed by atoms with Crippen LogP contribution in [0.5, 0.6) is 0 Å². The number of carboxylic acid groups (broad SMARTS) is 1. The third-order valence-corrected chi connectivity index (χ3v) is 2.95. The highest BCUT2D eigenvalue weighted by Crippen LogP contribution is 2.17. The van der Waals surface area contributed by atoms with Crippen LogP contribution < -0.4 is 5.56 Å². The molecular weight excluding hydrogens is 311 g/mol. The Morgan fingerprint density at radius 2 is 2.24 bits per heavy atom. The van der Waals surface area contributed by atoms with Gasteiger partial charge in [0, 0.05) is 4.47 Å². The summed E-state index contributed by atoms with van der Waals surface area (Å²) in [5, 5.41) is 8.87. The van der Waals surface area contributed by atoms with Gasteiger partial charge in [-0.2, -0.15) is 0 Å². The highest BCUT2D eigenvalue weighted by molar-refractivity contribution is 9.10. The van der Waals surface area contributed by atoms with E-state index in [1.54, 1.807) is 18.2 Å². The van der Waals surface area contributed by atoms with Gasteiger partial charge in [-0.15, -0.1) is 0 Å². The number of nitrogens with zero attached hydrogens (tertiary/aromatic N) is 2. The number of carbonyl (C=O) groups is 1. The number of rotatable bonds is 2. The molecule has 0 aliphatic rings. The van der Waals surface area contributed by atoms with Crippen LogP contribution in [0.2, 0.25) is 5.28 Å². The Morgan fingerprint density at radius 1 is 1.53 bits per heavy atom. The van der Waals surface area contributed by atoms with Crippen molar-refractivity contribution in [2.45, 2.75) is 6.54 Å². The van der Waals surface area contributed by atoms with Gasteiger partial charge in [0.15, 0.2) is 0 Å². The maximum absolute atomic E-state index is 12.0. The van der Waals surface area contributed by atoms with Crippen LogP contribution in [0.4, 0.5) is 0 Å². The van der Waals surface area contributed by atoms with Crippen LogP contribution >= 0.6 is 27.5 Å². The van der Waals surface area contributed by atoms with E-state index in [0.29, 0.717) is 10.9 Å². The number of carboxylic acids is 1. The molecule has 7 heteroatoms. The fraction of sp³-hybridized carbons (Fsp3) is 0.100. The molecule has 0 aliphatic heterocycles. The monoisotopic (exact) mass is 316 g/mol. The number of halogens is 2. The highest BCUT2D eigenvalue weighted by atomic mass is 79.9. The lowest BCUT2D eigenvalue weighted by molar-refractivity contribution is -0.137. The fourth-order valence-corrected chi connectivity index (χ4v) is 2.02. The normalized spacial score (nSPS) is 10.7. The third-order valence-electron chi connectivity index (χ3n) is 2.16. The molecule has 88 valence electrons. The first kappa shape index (κ1) is 12.1. The largest absolute Gasteiger partial charge is 0.480 e. The van der Waals surface area contributed by atoms with E-state index >= 15 is 0 Å². The van der Waals surface area contributed by atoms with E-state index in [1.807, 2.05) is 0 Å². The van der Waals surface area contributed by atoms with Crippen LogP contribution in [0.3, 0.4) is 0 Å². The molecule has 0 bridgehead atoms. The molecule has 0 saturated heterocycles. The first-order chi connectivity index (χ1) is 7.99. The molecular formula is C10H6BrClN2O3. The lowest BCUT2D eigenvalue weighted by atomic mass is 10.2. The van der Waals surface area contributed by atoms with Crippen molar-refractivity contribution in [3.8, 4) is 0 Å². The summed E-state index contributed by atoms with van der Waals surface area (Å²) < 4.78 is 1.68. The molecule has 0 aliphatic carbocycles. The summed E-state index contributed by atoms with van der Waals surface area (Å²) in [6.45, 7) is -0.503. The summed E-state index contributed by atoms with van der Waals surface area (Å²) in [6.07, 6.45) is 0. The van der Waals surface area contributed by atoms with Crippen molar-refractivity contribution in [2.75, 3.05) is 0 Å². The first-order valence-electron chi connectivity index (χ1n) is 4.56. The van der Waals surface area contributed by atoms with Crippen molar-refractivity contribution in [2.24, 2.45) is 0 Å². The average Bonchev–Trinajstić information content (AvgIpc) is 2.23. The minimum atomic E-state index is -1.15. The second-order valence-electron chi connectivity index (χ2n) is 3.33. The van der Waals surface area contributed by atoms with Gasteiger partial charge in [0.05, 0.1) is 10.9 Å². The maximum Gasteiger partial charge on any atom is 0.323 e. The SMILES string of the molecule is O=C(O)Cn1c(Cl)nc2cc(Br)ccc2c1=O. The molecule has 0 unspecified atom stereocenters. The Balaban J connectivity index is 2.76. The molecule has 0 fully saturated rings. The van der Waals surface area contributed by atoms with Crippen LogP contribution in [-0.4, -0.2) is 20.6 Å². The van der Waals surface area contributed by atoms with E-state index < -0.39 is 18.1 Å². The number of hydrogen-bond acceptors (Lipinski definition) is 3. The van der Waals surface area contributed by atoms with Gasteiger partial charge < -0.3 is 5.11 Å². The van der Waals surface area contributed by atoms with Crippen LogP contribution in [-0.2, 0) is 11.3 Å². The summed E-state index contributed by atoms with van der Waals surface area (Å²) in [5.41, 5.74) is -0.0362. The quantitative estimate of drug-likeness (QED) is 0.859. The van der Waals surface area contributed by atoms with Gasteiger partial charge in [-0.25, -0.2) is 4.98 Å². The van der Waals surface area contributed by atoms with Gasteiger partial charge in [0.1, 0.15) is 6.54 Å². The summed E-state index contributed by atoms with van der Waals surface area (Å²) >= 11 is 9.03. The molecule has 1 heterocycles. The Labute approximate surface area is 109 Å². The summed E-state index contributed by atoms with van der Waals surface area (Å²) in [5.74, 6) is -1.15. The van der Waals surface area contributed by atoms with E-state index in [4.69, 9.17) is 16.7 Å². The molecule has 0 saturated carbocycles. The van der Waals surface area contributed by atoms with E-state index in [9.17, 15) is 9.59 Å². The van der Waals surface area contributed by atoms with Crippen molar-refractivity contribution in [3.63, 3.8) is 0 Å². The standard InChI is InChI=1S/C10H6BrClN2O3/c11-5-1-2-6-7(3-5)13-10(12)14(9(6)17)4-8(15)16/h1-3H,4H2,(H,15,16). The highest BCUT2D eigenvalue weighted by Gasteiger charge is 2.11. The zero-order valence-electron chi connectivity index (χ0n) is 8.35. The molecule has 5 nitrogen and oxygen atoms in total. The van der Waals surface area contributed by atoms with Crippen molar-refractivity contribution in [3.05, 3.63) is 38.3 Å². The zero-order valence-corrected chi connectivity index (χ0v) is 10.7. The number of fused-ring (bicyclic) bond motifs is 1. The molecule has 2 aromatic rings. The molecule has 1 N–H and O–H groups in total. The molecule has 2 rings (SSSR count). The maximum atomic E-state index is 12.0. The molecule has 1 aromatic heterocycles. The minimum Gasteiger partial charge on any atom is -0.480 e. The smallest absolute Gasteiger partial charge is 0.323 e. The molecule has 1 aromatic carbocycles. The zero-order chi connectivity index (χ0) is 12.6. The minimum absolute atomic E-state index is 0.136. The van der Waals surface area contributed by atoms with Crippen molar-refractivity contribution < 1.29 is 9.90 Å². The van der Waals surface area contributed by atoms with E-state index in [-0.39, 0.29) is 5.28 Å². The predicted octanol–water partition coefficient (Wildman–Crippen LogP) is 1.90. The molecule has 0 amide bonds. The number of aromatic nitrogens is 2. The molecule has 17 heavy (non-hydrogen) atoms. The second kappa shape index (κ2) is 4.46. The molecule has 0 radical (unpaired) electrons. The van der Waals surface area contributed by atoms with E-state index in [2.05, 4.69) is 20.9 Å². The van der Waals surface area contributed by atoms with Crippen LogP contribution in [0.15, 0.2) is 27.5 Å². The summed E-state index contributed by atoms with van der Waals surface area (Å²) in [7, 11) is 0. The second-order valence-corrected chi connectivity index (χ2v) is 4.58. The molecule has 0 atom stereocenters. The van der Waals surface area contributed by atoms with Gasteiger partial charge >= 0.3 is 5.97 Å². The summed E-state index contributed by atoms with van der Waals surface area (Å²) in [4.78, 5) is 26.6. The number of hydrogen-bond donors (Lipinski definition) is 1. The number of benzene rings is 1. The van der Waals surface area contributed by atoms with Crippen molar-refractivity contribution >= 4 is 44.4 Å². The van der Waals surface area contributed by atoms with E-state index in [1.165, 1.54) is 0 Å². The van der Waals surface area contributed by atoms with Gasteiger partial charge in [-0.1, -0.05) is 15.9 Å². The third kappa shape index (κ3) is 2.32. The first-order valence-corrected chi connectivity index (χ1v) is 5.73. The molecule has 0 spiro atoms. The average molecular weight is 318 g/mol. The number of aliphatic carboxylic acids is 1. The Morgan fingerprint density at radius 3 is 2.88 bits per heavy atom. The predicted molar refractivity (Wildman–Crippen MR) is 66.3 cm³/mol. The van der Waals surface area contributed by atoms with Crippen molar-refractivity contribution in [1.82, 2.24) is 9.55 Å². The van der Waals surface area contributed by atoms with Gasteiger partial charge in [0.2, 0.25) is 5.28 Å². The van der Waals surface area contributed by atoms with Crippen LogP contribution in [0.1, 0.15) is 0 Å². The Bertz CT molecular complexity index is 668. The van der Waals surface area contributed by atoms with Crippen LogP contribution in [0, 0.1) is 0 Å². The summed E-state index contributed by atoms with van der Waals surface area (Å²) in [6, 6.07) is 4.90. The lowest BCUT2D eigenvalue weighted by Gasteiger charge is -2.06. The van der Waals surface area contributed by atoms with Gasteiger partial charge in [0.25, 0.3) is 5.56 Å². The van der Waals surface area contributed by atoms with E-state index in [0.717, 1.165) is 9.04 Å².